The summed E-state index contributed by atoms with van der Waals surface area (Å²) in [5, 5.41) is 10.4. The predicted octanol–water partition coefficient (Wildman–Crippen LogP) is 6.62. The van der Waals surface area contributed by atoms with E-state index in [0.717, 1.165) is 11.3 Å². The van der Waals surface area contributed by atoms with Gasteiger partial charge in [0.2, 0.25) is 0 Å². The minimum absolute atomic E-state index is 0.0921. The molecule has 0 aliphatic rings. The molecule has 4 rings (SSSR count). The summed E-state index contributed by atoms with van der Waals surface area (Å²) in [4.78, 5) is 22.9. The molecule has 0 saturated heterocycles. The first-order chi connectivity index (χ1) is 19.6. The molecule has 0 bridgehead atoms. The van der Waals surface area contributed by atoms with E-state index in [1.54, 1.807) is 26.2 Å². The quantitative estimate of drug-likeness (QED) is 0.192. The second-order valence-corrected chi connectivity index (χ2v) is 13.7. The van der Waals surface area contributed by atoms with Crippen LogP contribution in [0.25, 0.3) is 27.8 Å². The lowest BCUT2D eigenvalue weighted by Gasteiger charge is -2.30. The third kappa shape index (κ3) is 8.69. The summed E-state index contributed by atoms with van der Waals surface area (Å²) in [5.74, 6) is 0.675. The van der Waals surface area contributed by atoms with Crippen molar-refractivity contribution >= 4 is 19.6 Å². The van der Waals surface area contributed by atoms with Gasteiger partial charge in [-0.3, -0.25) is 23.4 Å². The normalized spacial score (nSPS) is 12.8. The molecule has 0 fully saturated rings. The minimum Gasteiger partial charge on any atom is -0.493 e. The smallest absolute Gasteiger partial charge is 0.335 e. The highest BCUT2D eigenvalue weighted by molar-refractivity contribution is 7.41. The number of aromatic nitrogens is 4. The number of ether oxygens (including phenoxy) is 1. The number of hydrogen-bond donors (Lipinski definition) is 1. The molecule has 0 aliphatic carbocycles. The fraction of sp³-hybridized carbons (Fsp3) is 0.452. The van der Waals surface area contributed by atoms with Gasteiger partial charge >= 0.3 is 8.60 Å². The molecule has 10 nitrogen and oxygen atoms in total. The van der Waals surface area contributed by atoms with Crippen LogP contribution in [-0.4, -0.2) is 47.6 Å². The van der Waals surface area contributed by atoms with Crippen LogP contribution in [0, 0.1) is 0 Å². The molecule has 3 aromatic heterocycles. The lowest BCUT2D eigenvalue weighted by molar-refractivity contribution is 0.0231. The Balaban J connectivity index is 1.70. The lowest BCUT2D eigenvalue weighted by Crippen LogP contribution is -2.25. The molecule has 0 unspecified atom stereocenters. The molecular weight excluding hydrogens is 555 g/mol. The van der Waals surface area contributed by atoms with Gasteiger partial charge in [0.15, 0.2) is 5.65 Å². The molecule has 0 radical (unpaired) electrons. The molecule has 1 N–H and O–H groups in total. The van der Waals surface area contributed by atoms with Crippen molar-refractivity contribution in [3.8, 4) is 22.6 Å². The Morgan fingerprint density at radius 3 is 2.19 bits per heavy atom. The first-order valence-corrected chi connectivity index (χ1v) is 15.0. The summed E-state index contributed by atoms with van der Waals surface area (Å²) >= 11 is 0. The van der Waals surface area contributed by atoms with Crippen LogP contribution in [0.15, 0.2) is 66.1 Å². The van der Waals surface area contributed by atoms with E-state index >= 15 is 0 Å². The van der Waals surface area contributed by atoms with Crippen LogP contribution < -0.4 is 10.3 Å². The van der Waals surface area contributed by atoms with E-state index in [9.17, 15) is 9.90 Å². The Labute approximate surface area is 248 Å². The van der Waals surface area contributed by atoms with E-state index in [-0.39, 0.29) is 12.3 Å². The largest absolute Gasteiger partial charge is 0.493 e. The van der Waals surface area contributed by atoms with E-state index in [4.69, 9.17) is 18.3 Å². The SMILES string of the molecule is CC(C)(O)CCOc1ccc(-c2cn(-c3cccnc3)c3ncn(COP(OC(C)(C)C)OC(C)(C)C)c(=O)c23)cc1. The van der Waals surface area contributed by atoms with Crippen molar-refractivity contribution in [2.45, 2.75) is 85.3 Å². The molecule has 3 heterocycles. The number of rotatable bonds is 11. The fourth-order valence-corrected chi connectivity index (χ4v) is 5.19. The lowest BCUT2D eigenvalue weighted by atomic mass is 10.1. The summed E-state index contributed by atoms with van der Waals surface area (Å²) in [6.45, 7) is 15.3. The van der Waals surface area contributed by atoms with E-state index in [2.05, 4.69) is 9.97 Å². The van der Waals surface area contributed by atoms with E-state index < -0.39 is 25.4 Å². The van der Waals surface area contributed by atoms with Gasteiger partial charge in [-0.25, -0.2) is 4.98 Å². The Kier molecular flexibility index (Phi) is 9.55. The highest BCUT2D eigenvalue weighted by Crippen LogP contribution is 2.47. The zero-order valence-corrected chi connectivity index (χ0v) is 26.5. The number of hydrogen-bond acceptors (Lipinski definition) is 8. The number of pyridine rings is 1. The van der Waals surface area contributed by atoms with Gasteiger partial charge in [-0.05, 0) is 85.2 Å². The van der Waals surface area contributed by atoms with Gasteiger partial charge in [0, 0.05) is 24.4 Å². The van der Waals surface area contributed by atoms with Crippen LogP contribution in [0.5, 0.6) is 5.75 Å². The van der Waals surface area contributed by atoms with Crippen LogP contribution in [0.3, 0.4) is 0 Å². The second-order valence-electron chi connectivity index (χ2n) is 12.7. The van der Waals surface area contributed by atoms with Crippen molar-refractivity contribution in [2.75, 3.05) is 6.61 Å². The maximum Gasteiger partial charge on any atom is 0.335 e. The highest BCUT2D eigenvalue weighted by atomic mass is 31.2. The number of nitrogens with zero attached hydrogens (tertiary/aromatic N) is 4. The molecule has 0 amide bonds. The number of benzene rings is 1. The topological polar surface area (TPSA) is 110 Å². The fourth-order valence-electron chi connectivity index (χ4n) is 3.93. The summed E-state index contributed by atoms with van der Waals surface area (Å²) in [6.07, 6.45) is 7.29. The van der Waals surface area contributed by atoms with Crippen LogP contribution in [0.4, 0.5) is 0 Å². The van der Waals surface area contributed by atoms with Crippen molar-refractivity contribution in [2.24, 2.45) is 0 Å². The Morgan fingerprint density at radius 2 is 1.62 bits per heavy atom. The third-order valence-corrected chi connectivity index (χ3v) is 7.56. The molecule has 0 spiro atoms. The zero-order valence-electron chi connectivity index (χ0n) is 25.6. The second kappa shape index (κ2) is 12.6. The first-order valence-electron chi connectivity index (χ1n) is 13.9. The van der Waals surface area contributed by atoms with Crippen molar-refractivity contribution in [1.82, 2.24) is 19.1 Å². The highest BCUT2D eigenvalue weighted by Gasteiger charge is 2.28. The van der Waals surface area contributed by atoms with Crippen molar-refractivity contribution < 1.29 is 23.4 Å². The number of aliphatic hydroxyl groups is 1. The maximum absolute atomic E-state index is 13.9. The van der Waals surface area contributed by atoms with Crippen LogP contribution in [0.2, 0.25) is 0 Å². The summed E-state index contributed by atoms with van der Waals surface area (Å²) in [6, 6.07) is 11.3. The van der Waals surface area contributed by atoms with Crippen molar-refractivity contribution in [1.29, 1.82) is 0 Å². The molecule has 42 heavy (non-hydrogen) atoms. The van der Waals surface area contributed by atoms with E-state index in [0.29, 0.717) is 35.4 Å². The van der Waals surface area contributed by atoms with Gasteiger partial charge in [-0.2, -0.15) is 0 Å². The van der Waals surface area contributed by atoms with Crippen LogP contribution >= 0.6 is 8.60 Å². The first kappa shape index (κ1) is 31.8. The van der Waals surface area contributed by atoms with Crippen molar-refractivity contribution in [3.05, 3.63) is 71.7 Å². The average Bonchev–Trinajstić information content (AvgIpc) is 3.27. The van der Waals surface area contributed by atoms with Gasteiger partial charge in [0.05, 0.1) is 40.7 Å². The predicted molar refractivity (Wildman–Crippen MR) is 165 cm³/mol. The van der Waals surface area contributed by atoms with Crippen LogP contribution in [-0.2, 0) is 20.3 Å². The summed E-state index contributed by atoms with van der Waals surface area (Å²) in [7, 11) is -1.75. The summed E-state index contributed by atoms with van der Waals surface area (Å²) < 4.78 is 27.1. The zero-order chi connectivity index (χ0) is 30.7. The van der Waals surface area contributed by atoms with Gasteiger partial charge in [0.25, 0.3) is 5.56 Å². The Bertz CT molecular complexity index is 1520. The van der Waals surface area contributed by atoms with Gasteiger partial charge in [-0.1, -0.05) is 12.1 Å². The Morgan fingerprint density at radius 1 is 0.952 bits per heavy atom. The molecule has 226 valence electrons. The maximum atomic E-state index is 13.9. The van der Waals surface area contributed by atoms with Crippen LogP contribution in [0.1, 0.15) is 61.8 Å². The van der Waals surface area contributed by atoms with E-state index in [1.165, 1.54) is 10.9 Å². The molecule has 0 saturated carbocycles. The van der Waals surface area contributed by atoms with Gasteiger partial charge < -0.3 is 18.9 Å². The average molecular weight is 597 g/mol. The molecule has 1 aromatic carbocycles. The molecule has 0 aliphatic heterocycles. The number of fused-ring (bicyclic) bond motifs is 1. The van der Waals surface area contributed by atoms with Gasteiger partial charge in [-0.15, -0.1) is 0 Å². The molecule has 4 aromatic rings. The molecule has 0 atom stereocenters. The molecule has 11 heteroatoms. The monoisotopic (exact) mass is 596 g/mol. The third-order valence-electron chi connectivity index (χ3n) is 5.84. The molecular formula is C31H41N4O6P. The van der Waals surface area contributed by atoms with E-state index in [1.807, 2.05) is 88.7 Å². The Hall–Kier alpha value is -3.14. The van der Waals surface area contributed by atoms with Gasteiger partial charge in [0.1, 0.15) is 18.8 Å². The van der Waals surface area contributed by atoms with Crippen molar-refractivity contribution in [3.63, 3.8) is 0 Å². The summed E-state index contributed by atoms with van der Waals surface area (Å²) in [5.41, 5.74) is 0.761. The standard InChI is InChI=1S/C31H41N4O6P/c1-29(2,3)40-42(41-30(4,5)6)39-21-34-20-33-27-26(28(34)36)25(19-35(27)23-10-9-16-32-18-23)22-11-13-24(14-12-22)38-17-15-31(7,8)37/h9-14,16,18-20,37H,15,17,21H2,1-8H3. The minimum atomic E-state index is -1.75.